The van der Waals surface area contributed by atoms with Crippen LogP contribution in [0.15, 0.2) is 0 Å². The summed E-state index contributed by atoms with van der Waals surface area (Å²) in [7, 11) is 0. The van der Waals surface area contributed by atoms with Gasteiger partial charge in [0.25, 0.3) is 0 Å². The minimum Gasteiger partial charge on any atom is -0.347 e. The molecule has 1 heterocycles. The number of aromatic nitrogens is 2. The van der Waals surface area contributed by atoms with Crippen LogP contribution >= 0.6 is 12.2 Å². The Morgan fingerprint density at radius 1 is 1.24 bits per heavy atom. The molecule has 0 aliphatic heterocycles. The van der Waals surface area contributed by atoms with E-state index in [1.807, 2.05) is 0 Å². The van der Waals surface area contributed by atoms with E-state index in [2.05, 4.69) is 30.7 Å². The number of nitrogens with zero attached hydrogens (tertiary/aromatic N) is 1. The second-order valence-corrected chi connectivity index (χ2v) is 5.84. The van der Waals surface area contributed by atoms with E-state index < -0.39 is 0 Å². The van der Waals surface area contributed by atoms with Gasteiger partial charge in [0.1, 0.15) is 10.5 Å². The Morgan fingerprint density at radius 3 is 2.41 bits per heavy atom. The van der Waals surface area contributed by atoms with Crippen LogP contribution in [0, 0.1) is 11.6 Å². The lowest BCUT2D eigenvalue weighted by Crippen LogP contribution is -2.11. The number of hydrogen-bond donors (Lipinski definition) is 1. The van der Waals surface area contributed by atoms with E-state index in [4.69, 9.17) is 12.2 Å². The molecular weight excluding hydrogens is 228 g/mol. The largest absolute Gasteiger partial charge is 0.347 e. The van der Waals surface area contributed by atoms with Crippen molar-refractivity contribution in [3.63, 3.8) is 0 Å². The Labute approximate surface area is 109 Å². The fourth-order valence-corrected chi connectivity index (χ4v) is 3.35. The van der Waals surface area contributed by atoms with E-state index in [-0.39, 0.29) is 0 Å². The van der Waals surface area contributed by atoms with Gasteiger partial charge in [-0.2, -0.15) is 0 Å². The summed E-state index contributed by atoms with van der Waals surface area (Å²) in [6.07, 6.45) is 6.56. The normalized spacial score (nSPS) is 17.6. The van der Waals surface area contributed by atoms with Gasteiger partial charge < -0.3 is 4.98 Å². The molecule has 1 saturated carbocycles. The molecule has 1 fully saturated rings. The van der Waals surface area contributed by atoms with Gasteiger partial charge >= 0.3 is 0 Å². The van der Waals surface area contributed by atoms with E-state index in [0.29, 0.717) is 11.8 Å². The molecular formula is C14H22N2S. The number of hydrogen-bond acceptors (Lipinski definition) is 2. The quantitative estimate of drug-likeness (QED) is 0.776. The molecule has 2 rings (SSSR count). The monoisotopic (exact) mass is 250 g/mol. The van der Waals surface area contributed by atoms with Crippen LogP contribution in [0.25, 0.3) is 0 Å². The zero-order chi connectivity index (χ0) is 12.4. The summed E-state index contributed by atoms with van der Waals surface area (Å²) in [4.78, 5) is 8.13. The van der Waals surface area contributed by atoms with E-state index in [9.17, 15) is 0 Å². The van der Waals surface area contributed by atoms with Gasteiger partial charge in [-0.05, 0) is 25.7 Å². The molecule has 3 heteroatoms. The van der Waals surface area contributed by atoms with Crippen molar-refractivity contribution in [3.8, 4) is 0 Å². The molecule has 1 aliphatic rings. The first-order chi connectivity index (χ1) is 8.09. The smallest absolute Gasteiger partial charge is 0.133 e. The van der Waals surface area contributed by atoms with E-state index in [1.165, 1.54) is 43.4 Å². The average molecular weight is 250 g/mol. The third-order valence-electron chi connectivity index (χ3n) is 3.74. The number of rotatable bonds is 2. The Kier molecular flexibility index (Phi) is 3.97. The van der Waals surface area contributed by atoms with Crippen molar-refractivity contribution in [2.75, 3.05) is 0 Å². The summed E-state index contributed by atoms with van der Waals surface area (Å²) in [5.74, 6) is 2.17. The molecule has 1 aromatic heterocycles. The van der Waals surface area contributed by atoms with Crippen LogP contribution in [-0.2, 0) is 0 Å². The lowest BCUT2D eigenvalue weighted by molar-refractivity contribution is 0.427. The van der Waals surface area contributed by atoms with Crippen LogP contribution in [0.1, 0.15) is 74.9 Å². The summed E-state index contributed by atoms with van der Waals surface area (Å²) < 4.78 is 0.803. The SMILES string of the molecule is Cc1[nH]c(C2CCCCC2)nc(=S)c1C(C)C. The number of aryl methyl sites for hydroxylation is 1. The third kappa shape index (κ3) is 2.76. The average Bonchev–Trinajstić information content (AvgIpc) is 2.28. The Bertz CT molecular complexity index is 442. The molecule has 94 valence electrons. The Balaban J connectivity index is 2.34. The van der Waals surface area contributed by atoms with Gasteiger partial charge in [-0.15, -0.1) is 0 Å². The number of aromatic amines is 1. The predicted molar refractivity (Wildman–Crippen MR) is 74.1 cm³/mol. The molecule has 0 bridgehead atoms. The topological polar surface area (TPSA) is 28.7 Å². The zero-order valence-corrected chi connectivity index (χ0v) is 11.9. The molecule has 17 heavy (non-hydrogen) atoms. The third-order valence-corrected chi connectivity index (χ3v) is 4.05. The first-order valence-corrected chi connectivity index (χ1v) is 7.11. The molecule has 0 radical (unpaired) electrons. The van der Waals surface area contributed by atoms with Crippen molar-refractivity contribution in [1.29, 1.82) is 0 Å². The zero-order valence-electron chi connectivity index (χ0n) is 11.0. The molecule has 0 spiro atoms. The van der Waals surface area contributed by atoms with Crippen molar-refractivity contribution >= 4 is 12.2 Å². The molecule has 0 unspecified atom stereocenters. The molecule has 1 aromatic rings. The molecule has 2 nitrogen and oxygen atoms in total. The second kappa shape index (κ2) is 5.30. The van der Waals surface area contributed by atoms with Gasteiger partial charge in [0.2, 0.25) is 0 Å². The summed E-state index contributed by atoms with van der Waals surface area (Å²) in [6.45, 7) is 6.47. The highest BCUT2D eigenvalue weighted by Gasteiger charge is 2.19. The van der Waals surface area contributed by atoms with E-state index in [0.717, 1.165) is 10.5 Å². The summed E-state index contributed by atoms with van der Waals surface area (Å²) in [6, 6.07) is 0. The molecule has 0 atom stereocenters. The lowest BCUT2D eigenvalue weighted by Gasteiger charge is -2.22. The highest BCUT2D eigenvalue weighted by atomic mass is 32.1. The fraction of sp³-hybridized carbons (Fsp3) is 0.714. The Morgan fingerprint density at radius 2 is 1.88 bits per heavy atom. The molecule has 0 amide bonds. The van der Waals surface area contributed by atoms with Crippen molar-refractivity contribution in [2.24, 2.45) is 0 Å². The minimum atomic E-state index is 0.451. The standard InChI is InChI=1S/C14H22N2S/c1-9(2)12-10(3)15-13(16-14(12)17)11-7-5-4-6-8-11/h9,11H,4-8H2,1-3H3,(H,15,16,17). The highest BCUT2D eigenvalue weighted by Crippen LogP contribution is 2.31. The second-order valence-electron chi connectivity index (χ2n) is 5.46. The predicted octanol–water partition coefficient (Wildman–Crippen LogP) is 4.62. The number of nitrogens with one attached hydrogen (secondary N) is 1. The van der Waals surface area contributed by atoms with Gasteiger partial charge in [0.15, 0.2) is 0 Å². The minimum absolute atomic E-state index is 0.451. The molecule has 1 N–H and O–H groups in total. The van der Waals surface area contributed by atoms with Crippen LogP contribution in [0.3, 0.4) is 0 Å². The van der Waals surface area contributed by atoms with E-state index in [1.54, 1.807) is 0 Å². The summed E-state index contributed by atoms with van der Waals surface area (Å²) in [5, 5.41) is 0. The maximum atomic E-state index is 5.44. The molecule has 0 aromatic carbocycles. The van der Waals surface area contributed by atoms with Crippen molar-refractivity contribution in [3.05, 3.63) is 21.7 Å². The maximum Gasteiger partial charge on any atom is 0.133 e. The molecule has 0 saturated heterocycles. The first kappa shape index (κ1) is 12.7. The van der Waals surface area contributed by atoms with E-state index >= 15 is 0 Å². The van der Waals surface area contributed by atoms with Crippen LogP contribution in [0.4, 0.5) is 0 Å². The Hall–Kier alpha value is -0.700. The van der Waals surface area contributed by atoms with Crippen molar-refractivity contribution < 1.29 is 0 Å². The first-order valence-electron chi connectivity index (χ1n) is 6.70. The fourth-order valence-electron chi connectivity index (χ4n) is 2.87. The van der Waals surface area contributed by atoms with Crippen molar-refractivity contribution in [2.45, 2.75) is 64.7 Å². The van der Waals surface area contributed by atoms with Crippen molar-refractivity contribution in [1.82, 2.24) is 9.97 Å². The lowest BCUT2D eigenvalue weighted by atomic mass is 9.88. The molecule has 1 aliphatic carbocycles. The summed E-state index contributed by atoms with van der Waals surface area (Å²) >= 11 is 5.44. The van der Waals surface area contributed by atoms with Gasteiger partial charge in [-0.3, -0.25) is 0 Å². The van der Waals surface area contributed by atoms with Crippen LogP contribution in [0.5, 0.6) is 0 Å². The van der Waals surface area contributed by atoms with Crippen LogP contribution < -0.4 is 0 Å². The van der Waals surface area contributed by atoms with Crippen LogP contribution in [-0.4, -0.2) is 9.97 Å². The van der Waals surface area contributed by atoms with Gasteiger partial charge in [-0.1, -0.05) is 45.3 Å². The van der Waals surface area contributed by atoms with Crippen LogP contribution in [0.2, 0.25) is 0 Å². The highest BCUT2D eigenvalue weighted by molar-refractivity contribution is 7.71. The summed E-state index contributed by atoms with van der Waals surface area (Å²) in [5.41, 5.74) is 2.42. The van der Waals surface area contributed by atoms with Gasteiger partial charge in [0, 0.05) is 17.2 Å². The van der Waals surface area contributed by atoms with Gasteiger partial charge in [-0.25, -0.2) is 4.98 Å². The maximum absolute atomic E-state index is 5.44. The van der Waals surface area contributed by atoms with Gasteiger partial charge in [0.05, 0.1) is 0 Å². The number of H-pyrrole nitrogens is 1.